The SMILES string of the molecule is CC(O)c1cnn(-c2ncc(NC(=O)[C@H]3CC(C)(C)c4c3cnc3cc(Cl)nn43)cc2Cl)n1. The molecule has 0 aromatic carbocycles. The number of pyridine rings is 1. The summed E-state index contributed by atoms with van der Waals surface area (Å²) in [6.45, 7) is 5.73. The molecule has 4 aromatic rings. The van der Waals surface area contributed by atoms with Gasteiger partial charge in [-0.15, -0.1) is 9.90 Å². The van der Waals surface area contributed by atoms with E-state index in [0.29, 0.717) is 28.6 Å². The first-order valence-corrected chi connectivity index (χ1v) is 11.0. The van der Waals surface area contributed by atoms with Crippen LogP contribution in [-0.4, -0.2) is 45.6 Å². The molecule has 1 aliphatic carbocycles. The summed E-state index contributed by atoms with van der Waals surface area (Å²) in [4.78, 5) is 23.2. The van der Waals surface area contributed by atoms with Crippen molar-refractivity contribution in [1.82, 2.24) is 34.6 Å². The molecule has 2 atom stereocenters. The van der Waals surface area contributed by atoms with Gasteiger partial charge in [-0.1, -0.05) is 37.0 Å². The second-order valence-corrected chi connectivity index (χ2v) is 9.49. The van der Waals surface area contributed by atoms with Crippen LogP contribution in [0.25, 0.3) is 11.5 Å². The summed E-state index contributed by atoms with van der Waals surface area (Å²) in [5, 5.41) is 25.7. The molecule has 2 N–H and O–H groups in total. The van der Waals surface area contributed by atoms with Gasteiger partial charge in [0.15, 0.2) is 16.6 Å². The predicted octanol–water partition coefficient (Wildman–Crippen LogP) is 3.47. The van der Waals surface area contributed by atoms with Gasteiger partial charge in [0.1, 0.15) is 5.69 Å². The van der Waals surface area contributed by atoms with E-state index < -0.39 is 12.0 Å². The second kappa shape index (κ2) is 7.75. The normalized spacial score (nSPS) is 17.8. The molecule has 4 heterocycles. The molecule has 0 aliphatic heterocycles. The third kappa shape index (κ3) is 3.73. The molecule has 0 radical (unpaired) electrons. The van der Waals surface area contributed by atoms with Crippen LogP contribution in [0.4, 0.5) is 5.69 Å². The number of rotatable bonds is 4. The van der Waals surface area contributed by atoms with Gasteiger partial charge in [-0.2, -0.15) is 10.2 Å². The van der Waals surface area contributed by atoms with Crippen molar-refractivity contribution in [3.05, 3.63) is 57.9 Å². The van der Waals surface area contributed by atoms with Gasteiger partial charge in [0.05, 0.1) is 40.8 Å². The highest BCUT2D eigenvalue weighted by molar-refractivity contribution is 6.32. The van der Waals surface area contributed by atoms with Gasteiger partial charge >= 0.3 is 0 Å². The van der Waals surface area contributed by atoms with Crippen LogP contribution in [0.1, 0.15) is 56.2 Å². The van der Waals surface area contributed by atoms with Gasteiger partial charge in [0, 0.05) is 23.2 Å². The highest BCUT2D eigenvalue weighted by atomic mass is 35.5. The van der Waals surface area contributed by atoms with Gasteiger partial charge in [0.2, 0.25) is 5.91 Å². The standard InChI is InChI=1S/C21H20Cl2N8O2/c1-10(32)15-9-26-31(28-15)19-14(22)4-11(7-25-19)27-20(33)12-6-21(2,3)18-13(12)8-24-17-5-16(23)29-30(17)18/h4-5,7-10,12,32H,6H2,1-3H3,(H,27,33)/t10?,12-/m0/s1. The predicted molar refractivity (Wildman–Crippen MR) is 122 cm³/mol. The van der Waals surface area contributed by atoms with Crippen LogP contribution in [0.5, 0.6) is 0 Å². The summed E-state index contributed by atoms with van der Waals surface area (Å²) < 4.78 is 1.72. The van der Waals surface area contributed by atoms with Gasteiger partial charge in [-0.25, -0.2) is 14.5 Å². The lowest BCUT2D eigenvalue weighted by Gasteiger charge is -2.19. The van der Waals surface area contributed by atoms with E-state index in [2.05, 4.69) is 44.4 Å². The number of nitrogens with zero attached hydrogens (tertiary/aromatic N) is 7. The van der Waals surface area contributed by atoms with E-state index in [9.17, 15) is 9.90 Å². The van der Waals surface area contributed by atoms with Gasteiger partial charge in [-0.3, -0.25) is 4.79 Å². The van der Waals surface area contributed by atoms with E-state index in [1.807, 2.05) is 0 Å². The largest absolute Gasteiger partial charge is 0.387 e. The van der Waals surface area contributed by atoms with E-state index in [4.69, 9.17) is 23.2 Å². The number of fused-ring (bicyclic) bond motifs is 3. The molecule has 1 aliphatic rings. The minimum atomic E-state index is -0.761. The highest BCUT2D eigenvalue weighted by Gasteiger charge is 2.43. The van der Waals surface area contributed by atoms with Crippen LogP contribution in [-0.2, 0) is 10.2 Å². The van der Waals surface area contributed by atoms with Crippen LogP contribution in [0, 0.1) is 0 Å². The van der Waals surface area contributed by atoms with E-state index in [-0.39, 0.29) is 22.2 Å². The number of carbonyl (C=O) groups excluding carboxylic acids is 1. The maximum absolute atomic E-state index is 13.2. The molecule has 0 spiro atoms. The fourth-order valence-electron chi connectivity index (χ4n) is 4.25. The number of nitrogens with one attached hydrogen (secondary N) is 1. The number of hydrogen-bond donors (Lipinski definition) is 2. The van der Waals surface area contributed by atoms with Crippen LogP contribution >= 0.6 is 23.2 Å². The summed E-state index contributed by atoms with van der Waals surface area (Å²) in [6.07, 6.45) is 4.47. The molecule has 0 saturated heterocycles. The molecule has 10 nitrogen and oxygen atoms in total. The smallest absolute Gasteiger partial charge is 0.232 e. The number of hydrogen-bond acceptors (Lipinski definition) is 7. The Bertz CT molecular complexity index is 1390. The van der Waals surface area contributed by atoms with Crippen molar-refractivity contribution in [3.8, 4) is 5.82 Å². The lowest BCUT2D eigenvalue weighted by molar-refractivity contribution is -0.117. The second-order valence-electron chi connectivity index (χ2n) is 8.69. The lowest BCUT2D eigenvalue weighted by Crippen LogP contribution is -2.21. The minimum absolute atomic E-state index is 0.194. The van der Waals surface area contributed by atoms with Gasteiger partial charge < -0.3 is 10.4 Å². The number of aromatic nitrogens is 7. The van der Waals surface area contributed by atoms with Crippen molar-refractivity contribution >= 4 is 40.4 Å². The minimum Gasteiger partial charge on any atom is -0.387 e. The molecule has 33 heavy (non-hydrogen) atoms. The first kappa shape index (κ1) is 21.7. The van der Waals surface area contributed by atoms with Crippen LogP contribution in [0.2, 0.25) is 10.2 Å². The molecule has 12 heteroatoms. The monoisotopic (exact) mass is 486 g/mol. The Labute approximate surface area is 198 Å². The van der Waals surface area contributed by atoms with Gasteiger partial charge in [-0.05, 0) is 19.4 Å². The molecule has 5 rings (SSSR count). The van der Waals surface area contributed by atoms with Crippen LogP contribution in [0.3, 0.4) is 0 Å². The Hall–Kier alpha value is -3.08. The summed E-state index contributed by atoms with van der Waals surface area (Å²) in [5.74, 6) is -0.328. The maximum atomic E-state index is 13.2. The Morgan fingerprint density at radius 2 is 2.00 bits per heavy atom. The molecule has 0 saturated carbocycles. The van der Waals surface area contributed by atoms with Crippen molar-refractivity contribution in [2.75, 3.05) is 5.32 Å². The topological polar surface area (TPSA) is 123 Å². The Morgan fingerprint density at radius 1 is 1.21 bits per heavy atom. The number of amides is 1. The van der Waals surface area contributed by atoms with E-state index in [0.717, 1.165) is 11.3 Å². The fourth-order valence-corrected chi connectivity index (χ4v) is 4.66. The molecule has 0 fully saturated rings. The summed E-state index contributed by atoms with van der Waals surface area (Å²) in [7, 11) is 0. The molecular weight excluding hydrogens is 467 g/mol. The van der Waals surface area contributed by atoms with Crippen molar-refractivity contribution in [2.24, 2.45) is 0 Å². The van der Waals surface area contributed by atoms with Crippen molar-refractivity contribution < 1.29 is 9.90 Å². The molecule has 170 valence electrons. The first-order chi connectivity index (χ1) is 15.6. The van der Waals surface area contributed by atoms with E-state index >= 15 is 0 Å². The zero-order valence-corrected chi connectivity index (χ0v) is 19.5. The zero-order valence-electron chi connectivity index (χ0n) is 18.0. The number of aliphatic hydroxyl groups excluding tert-OH is 1. The molecule has 1 amide bonds. The Balaban J connectivity index is 1.41. The Kier molecular flexibility index (Phi) is 5.11. The fraction of sp³-hybridized carbons (Fsp3) is 0.333. The van der Waals surface area contributed by atoms with Crippen molar-refractivity contribution in [1.29, 1.82) is 0 Å². The lowest BCUT2D eigenvalue weighted by atomic mass is 9.88. The van der Waals surface area contributed by atoms with Crippen molar-refractivity contribution in [2.45, 2.75) is 44.6 Å². The number of anilines is 1. The summed E-state index contributed by atoms with van der Waals surface area (Å²) in [6, 6.07) is 3.28. The average molecular weight is 487 g/mol. The molecule has 1 unspecified atom stereocenters. The molecule has 4 aromatic heterocycles. The Morgan fingerprint density at radius 3 is 2.70 bits per heavy atom. The number of aliphatic hydroxyl groups is 1. The molecule has 0 bridgehead atoms. The van der Waals surface area contributed by atoms with Crippen LogP contribution < -0.4 is 5.32 Å². The third-order valence-electron chi connectivity index (χ3n) is 5.75. The van der Waals surface area contributed by atoms with E-state index in [1.54, 1.807) is 29.8 Å². The highest BCUT2D eigenvalue weighted by Crippen LogP contribution is 2.46. The zero-order chi connectivity index (χ0) is 23.5. The van der Waals surface area contributed by atoms with Gasteiger partial charge in [0.25, 0.3) is 0 Å². The average Bonchev–Trinajstić information content (AvgIpc) is 3.43. The first-order valence-electron chi connectivity index (χ1n) is 10.3. The quantitative estimate of drug-likeness (QED) is 0.452. The number of halogens is 2. The third-order valence-corrected chi connectivity index (χ3v) is 6.21. The maximum Gasteiger partial charge on any atom is 0.232 e. The summed E-state index contributed by atoms with van der Waals surface area (Å²) >= 11 is 12.5. The van der Waals surface area contributed by atoms with Crippen molar-refractivity contribution in [3.63, 3.8) is 0 Å². The molecular formula is C21H20Cl2N8O2. The van der Waals surface area contributed by atoms with E-state index in [1.165, 1.54) is 17.2 Å². The summed E-state index contributed by atoms with van der Waals surface area (Å²) in [5.41, 5.74) is 2.91. The van der Waals surface area contributed by atoms with Crippen LogP contribution in [0.15, 0.2) is 30.7 Å². The number of carbonyl (C=O) groups is 1.